The van der Waals surface area contributed by atoms with Crippen molar-refractivity contribution < 1.29 is 4.39 Å². The number of aromatic amines is 1. The first-order chi connectivity index (χ1) is 8.75. The quantitative estimate of drug-likeness (QED) is 0.868. The Bertz CT molecular complexity index is 558. The van der Waals surface area contributed by atoms with Crippen LogP contribution < -0.4 is 5.32 Å². The minimum absolute atomic E-state index is 0.137. The lowest BCUT2D eigenvalue weighted by atomic mass is 10.1. The maximum Gasteiger partial charge on any atom is 0.132 e. The monoisotopic (exact) mass is 245 g/mol. The highest BCUT2D eigenvalue weighted by molar-refractivity contribution is 5.59. The standard InChI is InChI=1S/C14H16FN3/c1-16-9-14(6-7-14)13-17-8-12(18-13)10-4-2-3-5-11(10)15/h2-5,8,16H,6-7,9H2,1H3,(H,17,18). The third-order valence-electron chi connectivity index (χ3n) is 3.61. The van der Waals surface area contributed by atoms with Crippen LogP contribution in [0, 0.1) is 5.82 Å². The molecule has 0 spiro atoms. The van der Waals surface area contributed by atoms with Crippen molar-refractivity contribution in [3.05, 3.63) is 42.1 Å². The van der Waals surface area contributed by atoms with E-state index in [1.54, 1.807) is 18.3 Å². The second-order valence-corrected chi connectivity index (χ2v) is 4.94. The van der Waals surface area contributed by atoms with E-state index in [0.29, 0.717) is 5.56 Å². The van der Waals surface area contributed by atoms with Gasteiger partial charge in [-0.2, -0.15) is 0 Å². The van der Waals surface area contributed by atoms with Gasteiger partial charge in [0.25, 0.3) is 0 Å². The average molecular weight is 245 g/mol. The largest absolute Gasteiger partial charge is 0.341 e. The Kier molecular flexibility index (Phi) is 2.67. The van der Waals surface area contributed by atoms with Crippen molar-refractivity contribution in [2.75, 3.05) is 13.6 Å². The number of rotatable bonds is 4. The van der Waals surface area contributed by atoms with Crippen molar-refractivity contribution in [1.29, 1.82) is 0 Å². The van der Waals surface area contributed by atoms with E-state index in [1.807, 2.05) is 13.1 Å². The Morgan fingerprint density at radius 2 is 2.17 bits per heavy atom. The molecule has 1 saturated carbocycles. The van der Waals surface area contributed by atoms with Crippen molar-refractivity contribution in [2.45, 2.75) is 18.3 Å². The second kappa shape index (κ2) is 4.21. The van der Waals surface area contributed by atoms with E-state index < -0.39 is 0 Å². The molecule has 2 aromatic rings. The van der Waals surface area contributed by atoms with Crippen molar-refractivity contribution in [2.24, 2.45) is 0 Å². The van der Waals surface area contributed by atoms with Crippen LogP contribution in [0.4, 0.5) is 4.39 Å². The zero-order valence-electron chi connectivity index (χ0n) is 10.3. The number of nitrogens with zero attached hydrogens (tertiary/aromatic N) is 1. The predicted octanol–water partition coefficient (Wildman–Crippen LogP) is 2.47. The fourth-order valence-electron chi connectivity index (χ4n) is 2.39. The normalized spacial score (nSPS) is 16.8. The highest BCUT2D eigenvalue weighted by atomic mass is 19.1. The van der Waals surface area contributed by atoms with Gasteiger partial charge in [0.1, 0.15) is 11.6 Å². The summed E-state index contributed by atoms with van der Waals surface area (Å²) in [4.78, 5) is 7.69. The Balaban J connectivity index is 1.93. The van der Waals surface area contributed by atoms with Crippen molar-refractivity contribution in [1.82, 2.24) is 15.3 Å². The fraction of sp³-hybridized carbons (Fsp3) is 0.357. The fourth-order valence-corrected chi connectivity index (χ4v) is 2.39. The molecule has 1 aliphatic carbocycles. The second-order valence-electron chi connectivity index (χ2n) is 4.94. The highest BCUT2D eigenvalue weighted by Gasteiger charge is 2.46. The molecule has 94 valence electrons. The van der Waals surface area contributed by atoms with Gasteiger partial charge in [-0.25, -0.2) is 9.37 Å². The van der Waals surface area contributed by atoms with Crippen molar-refractivity contribution in [3.63, 3.8) is 0 Å². The molecule has 1 heterocycles. The smallest absolute Gasteiger partial charge is 0.132 e. The van der Waals surface area contributed by atoms with Gasteiger partial charge in [-0.05, 0) is 32.0 Å². The summed E-state index contributed by atoms with van der Waals surface area (Å²) in [5.74, 6) is 0.751. The van der Waals surface area contributed by atoms with E-state index in [1.165, 1.54) is 6.07 Å². The number of aromatic nitrogens is 2. The van der Waals surface area contributed by atoms with Gasteiger partial charge in [-0.3, -0.25) is 0 Å². The van der Waals surface area contributed by atoms with Crippen LogP contribution >= 0.6 is 0 Å². The number of halogens is 1. The molecule has 0 atom stereocenters. The number of likely N-dealkylation sites (N-methyl/N-ethyl adjacent to an activating group) is 1. The van der Waals surface area contributed by atoms with E-state index in [-0.39, 0.29) is 11.2 Å². The lowest BCUT2D eigenvalue weighted by molar-refractivity contribution is 0.594. The first kappa shape index (κ1) is 11.4. The van der Waals surface area contributed by atoms with Crippen LogP contribution in [0.25, 0.3) is 11.3 Å². The van der Waals surface area contributed by atoms with E-state index in [9.17, 15) is 4.39 Å². The molecule has 3 nitrogen and oxygen atoms in total. The Morgan fingerprint density at radius 1 is 1.39 bits per heavy atom. The minimum Gasteiger partial charge on any atom is -0.341 e. The topological polar surface area (TPSA) is 40.7 Å². The van der Waals surface area contributed by atoms with E-state index in [4.69, 9.17) is 0 Å². The van der Waals surface area contributed by atoms with Gasteiger partial charge in [-0.1, -0.05) is 12.1 Å². The van der Waals surface area contributed by atoms with Gasteiger partial charge in [0, 0.05) is 17.5 Å². The summed E-state index contributed by atoms with van der Waals surface area (Å²) in [7, 11) is 1.95. The molecule has 1 aliphatic rings. The van der Waals surface area contributed by atoms with Crippen molar-refractivity contribution in [3.8, 4) is 11.3 Å². The molecule has 1 aromatic carbocycles. The van der Waals surface area contributed by atoms with Gasteiger partial charge in [0.05, 0.1) is 11.9 Å². The Morgan fingerprint density at radius 3 is 2.83 bits per heavy atom. The van der Waals surface area contributed by atoms with Crippen LogP contribution in [0.1, 0.15) is 18.7 Å². The zero-order chi connectivity index (χ0) is 12.6. The SMILES string of the molecule is CNCC1(c2ncc(-c3ccccc3F)[nH]2)CC1. The highest BCUT2D eigenvalue weighted by Crippen LogP contribution is 2.46. The van der Waals surface area contributed by atoms with Gasteiger partial charge in [0.15, 0.2) is 0 Å². The Labute approximate surface area is 105 Å². The molecule has 1 fully saturated rings. The van der Waals surface area contributed by atoms with E-state index in [0.717, 1.165) is 30.9 Å². The lowest BCUT2D eigenvalue weighted by Crippen LogP contribution is -2.24. The van der Waals surface area contributed by atoms with Crippen molar-refractivity contribution >= 4 is 0 Å². The number of H-pyrrole nitrogens is 1. The maximum atomic E-state index is 13.7. The lowest BCUT2D eigenvalue weighted by Gasteiger charge is -2.10. The molecule has 0 aliphatic heterocycles. The summed E-state index contributed by atoms with van der Waals surface area (Å²) in [6.07, 6.45) is 4.00. The molecule has 0 bridgehead atoms. The van der Waals surface area contributed by atoms with Gasteiger partial charge in [-0.15, -0.1) is 0 Å². The predicted molar refractivity (Wildman–Crippen MR) is 68.8 cm³/mol. The molecule has 0 radical (unpaired) electrons. The molecule has 4 heteroatoms. The van der Waals surface area contributed by atoms with Crippen LogP contribution in [0.5, 0.6) is 0 Å². The summed E-state index contributed by atoms with van der Waals surface area (Å²) in [5, 5.41) is 3.20. The third-order valence-corrected chi connectivity index (χ3v) is 3.61. The average Bonchev–Trinajstić information content (AvgIpc) is 2.99. The molecule has 18 heavy (non-hydrogen) atoms. The van der Waals surface area contributed by atoms with Crippen LogP contribution in [0.3, 0.4) is 0 Å². The summed E-state index contributed by atoms with van der Waals surface area (Å²) in [6.45, 7) is 0.914. The molecule has 0 unspecified atom stereocenters. The molecule has 3 rings (SSSR count). The third kappa shape index (κ3) is 1.82. The molecular weight excluding hydrogens is 229 g/mol. The number of imidazole rings is 1. The number of benzene rings is 1. The summed E-state index contributed by atoms with van der Waals surface area (Å²) >= 11 is 0. The number of nitrogens with one attached hydrogen (secondary N) is 2. The molecule has 0 amide bonds. The van der Waals surface area contributed by atoms with Crippen LogP contribution in [-0.2, 0) is 5.41 Å². The van der Waals surface area contributed by atoms with Gasteiger partial charge in [0.2, 0.25) is 0 Å². The Hall–Kier alpha value is -1.68. The number of hydrogen-bond acceptors (Lipinski definition) is 2. The molecular formula is C14H16FN3. The summed E-state index contributed by atoms with van der Waals surface area (Å²) in [5.41, 5.74) is 1.47. The maximum absolute atomic E-state index is 13.7. The zero-order valence-corrected chi connectivity index (χ0v) is 10.3. The van der Waals surface area contributed by atoms with Crippen LogP contribution in [-0.4, -0.2) is 23.6 Å². The molecule has 1 aromatic heterocycles. The van der Waals surface area contributed by atoms with Crippen LogP contribution in [0.2, 0.25) is 0 Å². The van der Waals surface area contributed by atoms with E-state index in [2.05, 4.69) is 15.3 Å². The summed E-state index contributed by atoms with van der Waals surface area (Å²) in [6, 6.07) is 6.76. The van der Waals surface area contributed by atoms with E-state index >= 15 is 0 Å². The minimum atomic E-state index is -0.217. The summed E-state index contributed by atoms with van der Waals surface area (Å²) < 4.78 is 13.7. The van der Waals surface area contributed by atoms with Crippen LogP contribution in [0.15, 0.2) is 30.5 Å². The number of hydrogen-bond donors (Lipinski definition) is 2. The molecule has 2 N–H and O–H groups in total. The first-order valence-corrected chi connectivity index (χ1v) is 6.20. The molecule has 0 saturated heterocycles. The van der Waals surface area contributed by atoms with Gasteiger partial charge >= 0.3 is 0 Å². The van der Waals surface area contributed by atoms with Gasteiger partial charge < -0.3 is 10.3 Å². The first-order valence-electron chi connectivity index (χ1n) is 6.20.